The fourth-order valence-electron chi connectivity index (χ4n) is 2.93. The molecule has 1 saturated heterocycles. The molecule has 160 valence electrons. The molecule has 0 unspecified atom stereocenters. The van der Waals surface area contributed by atoms with E-state index in [-0.39, 0.29) is 29.7 Å². The zero-order valence-electron chi connectivity index (χ0n) is 16.9. The largest absolute Gasteiger partial charge is 0.490 e. The lowest BCUT2D eigenvalue weighted by molar-refractivity contribution is -0.128. The van der Waals surface area contributed by atoms with E-state index in [0.717, 1.165) is 0 Å². The maximum Gasteiger partial charge on any atom is 0.265 e. The molecule has 0 radical (unpaired) electrons. The molecule has 1 aliphatic rings. The Morgan fingerprint density at radius 1 is 1.16 bits per heavy atom. The van der Waals surface area contributed by atoms with Crippen LogP contribution in [-0.2, 0) is 16.2 Å². The number of nitrogens with zero attached hydrogens (tertiary/aromatic N) is 1. The molecule has 1 heterocycles. The van der Waals surface area contributed by atoms with Crippen LogP contribution in [0.15, 0.2) is 60.7 Å². The minimum absolute atomic E-state index is 0.0298. The smallest absolute Gasteiger partial charge is 0.265 e. The number of benzene rings is 2. The van der Waals surface area contributed by atoms with Gasteiger partial charge in [0.2, 0.25) is 0 Å². The molecule has 2 aromatic rings. The van der Waals surface area contributed by atoms with Crippen LogP contribution in [0, 0.1) is 5.82 Å². The predicted octanol–water partition coefficient (Wildman–Crippen LogP) is 3.62. The number of thiocarbonyl (C=S) groups is 1. The highest BCUT2D eigenvalue weighted by Gasteiger charge is 2.32. The lowest BCUT2D eigenvalue weighted by Gasteiger charge is -2.27. The second kappa shape index (κ2) is 9.99. The van der Waals surface area contributed by atoms with Gasteiger partial charge in [0.05, 0.1) is 6.61 Å². The van der Waals surface area contributed by atoms with Gasteiger partial charge in [-0.3, -0.25) is 19.8 Å². The maximum absolute atomic E-state index is 13.8. The lowest BCUT2D eigenvalue weighted by Crippen LogP contribution is -2.53. The number of hydrogen-bond donors (Lipinski definition) is 1. The van der Waals surface area contributed by atoms with E-state index in [1.54, 1.807) is 36.4 Å². The monoisotopic (exact) mass is 440 g/mol. The fraction of sp³-hybridized carbons (Fsp3) is 0.174. The lowest BCUT2D eigenvalue weighted by atomic mass is 10.1. The van der Waals surface area contributed by atoms with Gasteiger partial charge in [-0.1, -0.05) is 30.3 Å². The number of rotatable bonds is 8. The summed E-state index contributed by atoms with van der Waals surface area (Å²) < 4.78 is 25.2. The summed E-state index contributed by atoms with van der Waals surface area (Å²) in [4.78, 5) is 26.2. The molecule has 0 atom stereocenters. The molecule has 8 heteroatoms. The maximum atomic E-state index is 13.8. The summed E-state index contributed by atoms with van der Waals surface area (Å²) in [7, 11) is 0. The Morgan fingerprint density at radius 2 is 1.94 bits per heavy atom. The van der Waals surface area contributed by atoms with Crippen LogP contribution in [0.5, 0.6) is 11.5 Å². The highest BCUT2D eigenvalue weighted by Crippen LogP contribution is 2.30. The molecule has 3 rings (SSSR count). The first kappa shape index (κ1) is 22.2. The van der Waals surface area contributed by atoms with E-state index in [9.17, 15) is 14.0 Å². The quantitative estimate of drug-likeness (QED) is 0.294. The molecule has 2 amide bonds. The number of amides is 2. The van der Waals surface area contributed by atoms with Crippen molar-refractivity contribution in [1.29, 1.82) is 0 Å². The van der Waals surface area contributed by atoms with Crippen molar-refractivity contribution in [3.05, 3.63) is 77.6 Å². The van der Waals surface area contributed by atoms with Crippen LogP contribution in [0.1, 0.15) is 18.1 Å². The molecule has 0 aromatic heterocycles. The van der Waals surface area contributed by atoms with Crippen LogP contribution in [0.2, 0.25) is 0 Å². The van der Waals surface area contributed by atoms with E-state index in [1.165, 1.54) is 23.1 Å². The number of hydrogen-bond acceptors (Lipinski definition) is 5. The van der Waals surface area contributed by atoms with Crippen molar-refractivity contribution in [1.82, 2.24) is 10.2 Å². The van der Waals surface area contributed by atoms with E-state index < -0.39 is 11.8 Å². The molecular formula is C23H21FN2O4S. The zero-order valence-corrected chi connectivity index (χ0v) is 17.7. The fourth-order valence-corrected chi connectivity index (χ4v) is 3.18. The Balaban J connectivity index is 1.86. The standard InChI is InChI=1S/C23H21FN2O4S/c1-3-11-26-22(28)17(21(27)25-23(26)31)12-15-9-10-19(20(13-15)29-4-2)30-14-16-7-5-6-8-18(16)24/h3,5-10,12-13H,1,4,11,14H2,2H3,(H,25,27,31)/b17-12-. The van der Waals surface area contributed by atoms with Gasteiger partial charge in [0, 0.05) is 12.1 Å². The van der Waals surface area contributed by atoms with E-state index in [2.05, 4.69) is 11.9 Å². The third-order valence-electron chi connectivity index (χ3n) is 4.42. The third-order valence-corrected chi connectivity index (χ3v) is 4.74. The Labute approximate surface area is 185 Å². The van der Waals surface area contributed by atoms with Gasteiger partial charge >= 0.3 is 0 Å². The third kappa shape index (κ3) is 5.16. The van der Waals surface area contributed by atoms with Crippen LogP contribution in [-0.4, -0.2) is 35.0 Å². The molecule has 0 aliphatic carbocycles. The summed E-state index contributed by atoms with van der Waals surface area (Å²) in [5, 5.41) is 2.54. The van der Waals surface area contributed by atoms with Crippen molar-refractivity contribution < 1.29 is 23.5 Å². The molecule has 6 nitrogen and oxygen atoms in total. The molecule has 0 saturated carbocycles. The van der Waals surface area contributed by atoms with Crippen molar-refractivity contribution >= 4 is 35.2 Å². The Bertz CT molecular complexity index is 1070. The first-order valence-electron chi connectivity index (χ1n) is 9.57. The summed E-state index contributed by atoms with van der Waals surface area (Å²) in [5.41, 5.74) is 0.920. The van der Waals surface area contributed by atoms with E-state index in [1.807, 2.05) is 6.92 Å². The average molecular weight is 440 g/mol. The summed E-state index contributed by atoms with van der Waals surface area (Å²) in [6.07, 6.45) is 2.98. The molecule has 1 N–H and O–H groups in total. The minimum atomic E-state index is -0.576. The number of carbonyl (C=O) groups is 2. The summed E-state index contributed by atoms with van der Waals surface area (Å²) >= 11 is 5.05. The van der Waals surface area contributed by atoms with E-state index in [4.69, 9.17) is 21.7 Å². The first-order chi connectivity index (χ1) is 14.9. The Kier molecular flexibility index (Phi) is 7.15. The number of halogens is 1. The van der Waals surface area contributed by atoms with Gasteiger partial charge in [-0.25, -0.2) is 4.39 Å². The van der Waals surface area contributed by atoms with Gasteiger partial charge in [-0.2, -0.15) is 0 Å². The predicted molar refractivity (Wildman–Crippen MR) is 119 cm³/mol. The van der Waals surface area contributed by atoms with Crippen molar-refractivity contribution in [3.63, 3.8) is 0 Å². The zero-order chi connectivity index (χ0) is 22.4. The highest BCUT2D eigenvalue weighted by molar-refractivity contribution is 7.80. The summed E-state index contributed by atoms with van der Waals surface area (Å²) in [6.45, 7) is 6.00. The molecule has 0 spiro atoms. The number of carbonyl (C=O) groups excluding carboxylic acids is 2. The van der Waals surface area contributed by atoms with Gasteiger partial charge in [0.1, 0.15) is 18.0 Å². The molecule has 2 aromatic carbocycles. The van der Waals surface area contributed by atoms with Gasteiger partial charge in [-0.15, -0.1) is 6.58 Å². The topological polar surface area (TPSA) is 67.9 Å². The summed E-state index contributed by atoms with van der Waals surface area (Å²) in [5.74, 6) is -0.610. The minimum Gasteiger partial charge on any atom is -0.490 e. The Hall–Kier alpha value is -3.52. The van der Waals surface area contributed by atoms with E-state index in [0.29, 0.717) is 29.2 Å². The van der Waals surface area contributed by atoms with Crippen LogP contribution in [0.3, 0.4) is 0 Å². The molecular weight excluding hydrogens is 419 g/mol. The normalized spacial score (nSPS) is 15.1. The van der Waals surface area contributed by atoms with Crippen molar-refractivity contribution in [3.8, 4) is 11.5 Å². The van der Waals surface area contributed by atoms with Gasteiger partial charge in [-0.05, 0) is 49.0 Å². The van der Waals surface area contributed by atoms with Gasteiger partial charge in [0.15, 0.2) is 16.6 Å². The molecule has 31 heavy (non-hydrogen) atoms. The SMILES string of the molecule is C=CCN1C(=O)/C(=C\c2ccc(OCc3ccccc3F)c(OCC)c2)C(=O)NC1=S. The van der Waals surface area contributed by atoms with Crippen LogP contribution < -0.4 is 14.8 Å². The van der Waals surface area contributed by atoms with Gasteiger partial charge in [0.25, 0.3) is 11.8 Å². The van der Waals surface area contributed by atoms with Gasteiger partial charge < -0.3 is 9.47 Å². The molecule has 1 aliphatic heterocycles. The highest BCUT2D eigenvalue weighted by atomic mass is 32.1. The average Bonchev–Trinajstić information content (AvgIpc) is 2.75. The Morgan fingerprint density at radius 3 is 2.65 bits per heavy atom. The second-order valence-electron chi connectivity index (χ2n) is 6.54. The van der Waals surface area contributed by atoms with E-state index >= 15 is 0 Å². The van der Waals surface area contributed by atoms with Crippen LogP contribution in [0.4, 0.5) is 4.39 Å². The summed E-state index contributed by atoms with van der Waals surface area (Å²) in [6, 6.07) is 11.3. The van der Waals surface area contributed by atoms with Crippen molar-refractivity contribution in [2.24, 2.45) is 0 Å². The molecule has 0 bridgehead atoms. The van der Waals surface area contributed by atoms with Crippen LogP contribution >= 0.6 is 12.2 Å². The number of nitrogens with one attached hydrogen (secondary N) is 1. The second-order valence-corrected chi connectivity index (χ2v) is 6.93. The number of ether oxygens (including phenoxy) is 2. The first-order valence-corrected chi connectivity index (χ1v) is 9.98. The molecule has 1 fully saturated rings. The van der Waals surface area contributed by atoms with Crippen molar-refractivity contribution in [2.75, 3.05) is 13.2 Å². The van der Waals surface area contributed by atoms with Crippen molar-refractivity contribution in [2.45, 2.75) is 13.5 Å². The van der Waals surface area contributed by atoms with Crippen LogP contribution in [0.25, 0.3) is 6.08 Å².